The third-order valence-electron chi connectivity index (χ3n) is 7.15. The lowest BCUT2D eigenvalue weighted by molar-refractivity contribution is -0.141. The van der Waals surface area contributed by atoms with Gasteiger partial charge in [0, 0.05) is 36.6 Å². The molecule has 212 valence electrons. The minimum atomic E-state index is -3.62. The van der Waals surface area contributed by atoms with Crippen molar-refractivity contribution in [3.05, 3.63) is 53.1 Å². The van der Waals surface area contributed by atoms with Crippen LogP contribution in [0.4, 0.5) is 5.69 Å². The highest BCUT2D eigenvalue weighted by Gasteiger charge is 2.31. The van der Waals surface area contributed by atoms with Crippen LogP contribution in [0.25, 0.3) is 0 Å². The largest absolute Gasteiger partial charge is 0.454 e. The lowest BCUT2D eigenvalue weighted by atomic mass is 10.1. The van der Waals surface area contributed by atoms with Gasteiger partial charge in [0.15, 0.2) is 11.5 Å². The zero-order valence-corrected chi connectivity index (χ0v) is 24.0. The SMILES string of the molecule is CCC(C(=O)NC1CCCC1)N(Cc1ccc(Cl)cc1)C(=O)CCCN(c1ccc2c(c1)OCO2)S(C)(=O)=O. The van der Waals surface area contributed by atoms with E-state index in [1.807, 2.05) is 19.1 Å². The summed E-state index contributed by atoms with van der Waals surface area (Å²) in [5, 5.41) is 3.72. The van der Waals surface area contributed by atoms with E-state index in [4.69, 9.17) is 21.1 Å². The highest BCUT2D eigenvalue weighted by atomic mass is 35.5. The Balaban J connectivity index is 1.47. The first kappa shape index (κ1) is 29.0. The van der Waals surface area contributed by atoms with Crippen LogP contribution < -0.4 is 19.1 Å². The molecule has 1 aliphatic heterocycles. The molecule has 1 N–H and O–H groups in total. The molecule has 1 fully saturated rings. The molecule has 2 aliphatic rings. The summed E-state index contributed by atoms with van der Waals surface area (Å²) in [7, 11) is -3.62. The number of fused-ring (bicyclic) bond motifs is 1. The third kappa shape index (κ3) is 7.57. The van der Waals surface area contributed by atoms with E-state index < -0.39 is 16.1 Å². The minimum Gasteiger partial charge on any atom is -0.454 e. The molecular weight excluding hydrogens is 542 g/mol. The summed E-state index contributed by atoms with van der Waals surface area (Å²) < 4.78 is 37.2. The number of anilines is 1. The molecule has 1 heterocycles. The quantitative estimate of drug-likeness (QED) is 0.399. The van der Waals surface area contributed by atoms with Crippen LogP contribution in [0.15, 0.2) is 42.5 Å². The maximum absolute atomic E-state index is 13.6. The molecule has 4 rings (SSSR count). The molecule has 9 nitrogen and oxygen atoms in total. The van der Waals surface area contributed by atoms with Gasteiger partial charge in [-0.2, -0.15) is 0 Å². The van der Waals surface area contributed by atoms with Gasteiger partial charge in [-0.3, -0.25) is 13.9 Å². The molecule has 2 amide bonds. The molecule has 0 radical (unpaired) electrons. The van der Waals surface area contributed by atoms with E-state index in [9.17, 15) is 18.0 Å². The number of carbonyl (C=O) groups excluding carboxylic acids is 2. The van der Waals surface area contributed by atoms with Gasteiger partial charge in [0.25, 0.3) is 0 Å². The monoisotopic (exact) mass is 577 g/mol. The summed E-state index contributed by atoms with van der Waals surface area (Å²) in [6.07, 6.45) is 6.04. The van der Waals surface area contributed by atoms with Crippen LogP contribution >= 0.6 is 11.6 Å². The van der Waals surface area contributed by atoms with Crippen LogP contribution in [0.3, 0.4) is 0 Å². The maximum Gasteiger partial charge on any atom is 0.243 e. The van der Waals surface area contributed by atoms with Gasteiger partial charge >= 0.3 is 0 Å². The number of ether oxygens (including phenoxy) is 2. The second kappa shape index (κ2) is 12.9. The molecule has 1 saturated carbocycles. The lowest BCUT2D eigenvalue weighted by Gasteiger charge is -2.32. The van der Waals surface area contributed by atoms with Gasteiger partial charge in [0.05, 0.1) is 11.9 Å². The van der Waals surface area contributed by atoms with Crippen molar-refractivity contribution < 1.29 is 27.5 Å². The molecular formula is C28H36ClN3O6S. The number of hydrogen-bond donors (Lipinski definition) is 1. The highest BCUT2D eigenvalue weighted by molar-refractivity contribution is 7.92. The van der Waals surface area contributed by atoms with Crippen molar-refractivity contribution >= 4 is 39.1 Å². The summed E-state index contributed by atoms with van der Waals surface area (Å²) in [4.78, 5) is 28.5. The van der Waals surface area contributed by atoms with Crippen molar-refractivity contribution in [2.45, 2.75) is 70.5 Å². The number of carbonyl (C=O) groups is 2. The fourth-order valence-electron chi connectivity index (χ4n) is 5.12. The van der Waals surface area contributed by atoms with Crippen molar-refractivity contribution in [3.63, 3.8) is 0 Å². The molecule has 39 heavy (non-hydrogen) atoms. The highest BCUT2D eigenvalue weighted by Crippen LogP contribution is 2.36. The zero-order chi connectivity index (χ0) is 28.0. The number of halogens is 1. The Hall–Kier alpha value is -2.98. The summed E-state index contributed by atoms with van der Waals surface area (Å²) >= 11 is 6.05. The molecule has 0 aromatic heterocycles. The van der Waals surface area contributed by atoms with E-state index in [0.29, 0.717) is 28.6 Å². The Morgan fingerprint density at radius 1 is 1.08 bits per heavy atom. The second-order valence-corrected chi connectivity index (χ2v) is 12.4. The number of hydrogen-bond acceptors (Lipinski definition) is 6. The summed E-state index contributed by atoms with van der Waals surface area (Å²) in [6, 6.07) is 11.7. The summed E-state index contributed by atoms with van der Waals surface area (Å²) in [5.41, 5.74) is 1.30. The van der Waals surface area contributed by atoms with Gasteiger partial charge < -0.3 is 19.7 Å². The number of sulfonamides is 1. The Morgan fingerprint density at radius 3 is 2.44 bits per heavy atom. The summed E-state index contributed by atoms with van der Waals surface area (Å²) in [5.74, 6) is 0.675. The van der Waals surface area contributed by atoms with Crippen molar-refractivity contribution in [2.24, 2.45) is 0 Å². The first-order valence-electron chi connectivity index (χ1n) is 13.4. The van der Waals surface area contributed by atoms with E-state index in [0.717, 1.165) is 37.5 Å². The van der Waals surface area contributed by atoms with Gasteiger partial charge in [-0.15, -0.1) is 0 Å². The van der Waals surface area contributed by atoms with Gasteiger partial charge in [-0.1, -0.05) is 43.5 Å². The normalized spacial score (nSPS) is 15.7. The molecule has 2 aromatic rings. The predicted molar refractivity (Wildman–Crippen MR) is 150 cm³/mol. The molecule has 1 unspecified atom stereocenters. The smallest absolute Gasteiger partial charge is 0.243 e. The maximum atomic E-state index is 13.6. The van der Waals surface area contributed by atoms with E-state index in [1.165, 1.54) is 4.31 Å². The van der Waals surface area contributed by atoms with Crippen LogP contribution in [0.2, 0.25) is 5.02 Å². The molecule has 11 heteroatoms. The topological polar surface area (TPSA) is 105 Å². The Kier molecular flexibility index (Phi) is 9.61. The zero-order valence-electron chi connectivity index (χ0n) is 22.4. The molecule has 1 atom stereocenters. The Morgan fingerprint density at radius 2 is 1.77 bits per heavy atom. The van der Waals surface area contributed by atoms with Crippen LogP contribution in [-0.2, 0) is 26.2 Å². The van der Waals surface area contributed by atoms with Crippen LogP contribution in [0.1, 0.15) is 57.4 Å². The molecule has 2 aromatic carbocycles. The van der Waals surface area contributed by atoms with Crippen LogP contribution in [-0.4, -0.2) is 56.8 Å². The third-order valence-corrected chi connectivity index (χ3v) is 8.60. The Bertz CT molecular complexity index is 1260. The van der Waals surface area contributed by atoms with E-state index in [2.05, 4.69) is 5.32 Å². The molecule has 0 spiro atoms. The number of nitrogens with one attached hydrogen (secondary N) is 1. The lowest BCUT2D eigenvalue weighted by Crippen LogP contribution is -2.51. The Labute approximate surface area is 235 Å². The average molecular weight is 578 g/mol. The van der Waals surface area contributed by atoms with E-state index in [1.54, 1.807) is 35.2 Å². The molecule has 0 saturated heterocycles. The van der Waals surface area contributed by atoms with Gasteiger partial charge in [0.2, 0.25) is 28.6 Å². The minimum absolute atomic E-state index is 0.0807. The standard InChI is InChI=1S/C28H36ClN3O6S/c1-3-24(28(34)30-22-7-4-5-8-22)31(18-20-10-12-21(29)13-11-20)27(33)9-6-16-32(39(2,35)36)23-14-15-25-26(17-23)38-19-37-25/h10-15,17,22,24H,3-9,16,18-19H2,1-2H3,(H,30,34). The van der Waals surface area contributed by atoms with E-state index >= 15 is 0 Å². The van der Waals surface area contributed by atoms with Crippen molar-refractivity contribution in [1.82, 2.24) is 10.2 Å². The number of nitrogens with zero attached hydrogens (tertiary/aromatic N) is 2. The first-order valence-corrected chi connectivity index (χ1v) is 15.6. The van der Waals surface area contributed by atoms with Gasteiger partial charge in [0.1, 0.15) is 6.04 Å². The fourth-order valence-corrected chi connectivity index (χ4v) is 6.20. The van der Waals surface area contributed by atoms with Gasteiger partial charge in [-0.05, 0) is 55.5 Å². The fraction of sp³-hybridized carbons (Fsp3) is 0.500. The second-order valence-electron chi connectivity index (χ2n) is 10.0. The molecule has 1 aliphatic carbocycles. The van der Waals surface area contributed by atoms with Crippen molar-refractivity contribution in [3.8, 4) is 11.5 Å². The number of rotatable bonds is 12. The first-order chi connectivity index (χ1) is 18.7. The van der Waals surface area contributed by atoms with Crippen LogP contribution in [0, 0.1) is 0 Å². The van der Waals surface area contributed by atoms with Crippen LogP contribution in [0.5, 0.6) is 11.5 Å². The summed E-state index contributed by atoms with van der Waals surface area (Å²) in [6.45, 7) is 2.34. The average Bonchev–Trinajstić information content (AvgIpc) is 3.58. The predicted octanol–water partition coefficient (Wildman–Crippen LogP) is 4.48. The number of amides is 2. The van der Waals surface area contributed by atoms with Crippen molar-refractivity contribution in [2.75, 3.05) is 23.9 Å². The molecule has 0 bridgehead atoms. The van der Waals surface area contributed by atoms with E-state index in [-0.39, 0.29) is 50.6 Å². The number of benzene rings is 2. The van der Waals surface area contributed by atoms with Gasteiger partial charge in [-0.25, -0.2) is 8.42 Å². The van der Waals surface area contributed by atoms with Crippen molar-refractivity contribution in [1.29, 1.82) is 0 Å².